The van der Waals surface area contributed by atoms with Gasteiger partial charge in [0, 0.05) is 43.9 Å². The van der Waals surface area contributed by atoms with Crippen LogP contribution < -0.4 is 15.4 Å². The summed E-state index contributed by atoms with van der Waals surface area (Å²) in [6, 6.07) is 11.3. The average Bonchev–Trinajstić information content (AvgIpc) is 3.03. The van der Waals surface area contributed by atoms with Crippen LogP contribution in [0.5, 0.6) is 0 Å². The van der Waals surface area contributed by atoms with E-state index in [2.05, 4.69) is 30.6 Å². The number of hydrogen-bond acceptors (Lipinski definition) is 6. The van der Waals surface area contributed by atoms with Crippen molar-refractivity contribution in [3.05, 3.63) is 64.8 Å². The second-order valence-corrected chi connectivity index (χ2v) is 9.08. The molecule has 0 aliphatic carbocycles. The van der Waals surface area contributed by atoms with Crippen LogP contribution in [0.15, 0.2) is 53.6 Å². The fourth-order valence-corrected chi connectivity index (χ4v) is 3.98. The summed E-state index contributed by atoms with van der Waals surface area (Å²) in [5.74, 6) is 1.68. The molecule has 0 spiro atoms. The molecule has 0 unspecified atom stereocenters. The third-order valence-electron chi connectivity index (χ3n) is 5.78. The topological polar surface area (TPSA) is 71.0 Å². The van der Waals surface area contributed by atoms with Crippen molar-refractivity contribution in [2.24, 2.45) is 0 Å². The van der Waals surface area contributed by atoms with Crippen molar-refractivity contribution in [1.29, 1.82) is 0 Å². The van der Waals surface area contributed by atoms with E-state index in [-0.39, 0.29) is 11.0 Å². The molecule has 0 aromatic carbocycles. The Morgan fingerprint density at radius 2 is 1.65 bits per heavy atom. The molecule has 8 nitrogen and oxygen atoms in total. The smallest absolute Gasteiger partial charge is 0.259 e. The lowest BCUT2D eigenvalue weighted by Gasteiger charge is -2.23. The SMILES string of the molecule is CC(C)(C)c1cn2nc(N3CCCN(c4cc(=O)n5ccccc5n4)CC3)ccc2n1. The quantitative estimate of drug-likeness (QED) is 0.500. The predicted molar refractivity (Wildman–Crippen MR) is 122 cm³/mol. The normalized spacial score (nSPS) is 15.6. The summed E-state index contributed by atoms with van der Waals surface area (Å²) in [6.45, 7) is 9.83. The van der Waals surface area contributed by atoms with Crippen molar-refractivity contribution in [3.63, 3.8) is 0 Å². The van der Waals surface area contributed by atoms with Crippen molar-refractivity contribution in [1.82, 2.24) is 24.0 Å². The number of fused-ring (bicyclic) bond motifs is 2. The van der Waals surface area contributed by atoms with Gasteiger partial charge in [0.25, 0.3) is 5.56 Å². The highest BCUT2D eigenvalue weighted by molar-refractivity contribution is 5.50. The van der Waals surface area contributed by atoms with Gasteiger partial charge in [0.05, 0.1) is 11.9 Å². The van der Waals surface area contributed by atoms with Crippen LogP contribution in [0.2, 0.25) is 0 Å². The molecule has 0 radical (unpaired) electrons. The van der Waals surface area contributed by atoms with Crippen LogP contribution in [-0.4, -0.2) is 50.2 Å². The number of imidazole rings is 1. The van der Waals surface area contributed by atoms with Gasteiger partial charge in [-0.3, -0.25) is 9.20 Å². The molecule has 0 saturated carbocycles. The molecular formula is C23H27N7O. The van der Waals surface area contributed by atoms with Gasteiger partial charge in [0.2, 0.25) is 0 Å². The lowest BCUT2D eigenvalue weighted by atomic mass is 9.93. The first kappa shape index (κ1) is 19.5. The number of nitrogens with zero attached hydrogens (tertiary/aromatic N) is 7. The Morgan fingerprint density at radius 1 is 0.871 bits per heavy atom. The molecular weight excluding hydrogens is 390 g/mol. The van der Waals surface area contributed by atoms with E-state index in [1.807, 2.05) is 41.0 Å². The van der Waals surface area contributed by atoms with Gasteiger partial charge in [-0.05, 0) is 30.7 Å². The predicted octanol–water partition coefficient (Wildman–Crippen LogP) is 2.75. The van der Waals surface area contributed by atoms with E-state index < -0.39 is 0 Å². The van der Waals surface area contributed by atoms with Crippen molar-refractivity contribution in [2.75, 3.05) is 36.0 Å². The van der Waals surface area contributed by atoms with Gasteiger partial charge in [0.1, 0.15) is 17.3 Å². The Balaban J connectivity index is 1.38. The summed E-state index contributed by atoms with van der Waals surface area (Å²) >= 11 is 0. The zero-order chi connectivity index (χ0) is 21.6. The molecule has 4 aromatic heterocycles. The minimum atomic E-state index is -0.0522. The average molecular weight is 418 g/mol. The zero-order valence-corrected chi connectivity index (χ0v) is 18.2. The number of hydrogen-bond donors (Lipinski definition) is 0. The molecule has 4 aromatic rings. The highest BCUT2D eigenvalue weighted by atomic mass is 16.1. The van der Waals surface area contributed by atoms with Crippen LogP contribution in [-0.2, 0) is 5.41 Å². The fraction of sp³-hybridized carbons (Fsp3) is 0.391. The first-order valence-electron chi connectivity index (χ1n) is 10.7. The highest BCUT2D eigenvalue weighted by Gasteiger charge is 2.21. The first-order valence-corrected chi connectivity index (χ1v) is 10.7. The van der Waals surface area contributed by atoms with Gasteiger partial charge in [-0.15, -0.1) is 5.10 Å². The first-order chi connectivity index (χ1) is 14.9. The fourth-order valence-electron chi connectivity index (χ4n) is 3.98. The second kappa shape index (κ2) is 7.37. The lowest BCUT2D eigenvalue weighted by Crippen LogP contribution is -2.32. The van der Waals surface area contributed by atoms with Crippen LogP contribution in [0.1, 0.15) is 32.9 Å². The molecule has 31 heavy (non-hydrogen) atoms. The molecule has 1 aliphatic rings. The van der Waals surface area contributed by atoms with Gasteiger partial charge >= 0.3 is 0 Å². The van der Waals surface area contributed by atoms with E-state index >= 15 is 0 Å². The molecule has 1 saturated heterocycles. The van der Waals surface area contributed by atoms with Gasteiger partial charge in [-0.25, -0.2) is 14.5 Å². The van der Waals surface area contributed by atoms with Crippen LogP contribution in [0, 0.1) is 0 Å². The summed E-state index contributed by atoms with van der Waals surface area (Å²) in [6.07, 6.45) is 4.74. The molecule has 0 atom stereocenters. The Labute approximate surface area is 180 Å². The second-order valence-electron chi connectivity index (χ2n) is 9.08. The van der Waals surface area contributed by atoms with Gasteiger partial charge in [-0.2, -0.15) is 0 Å². The number of anilines is 2. The lowest BCUT2D eigenvalue weighted by molar-refractivity contribution is 0.572. The van der Waals surface area contributed by atoms with Crippen molar-refractivity contribution in [2.45, 2.75) is 32.6 Å². The van der Waals surface area contributed by atoms with E-state index in [4.69, 9.17) is 15.1 Å². The molecule has 5 rings (SSSR count). The standard InChI is InChI=1S/C23H27N7O/c1-23(2,3)17-16-30-19(24-17)8-9-20(26-30)27-10-6-11-28(14-13-27)21-15-22(31)29-12-5-4-7-18(29)25-21/h4-5,7-9,12,15-16H,6,10-11,13-14H2,1-3H3. The van der Waals surface area contributed by atoms with Gasteiger partial charge in [0.15, 0.2) is 5.65 Å². The Hall–Kier alpha value is -3.42. The third kappa shape index (κ3) is 3.73. The maximum absolute atomic E-state index is 12.5. The van der Waals surface area contributed by atoms with Crippen LogP contribution in [0.4, 0.5) is 11.6 Å². The van der Waals surface area contributed by atoms with E-state index in [0.717, 1.165) is 55.6 Å². The zero-order valence-electron chi connectivity index (χ0n) is 18.2. The summed E-state index contributed by atoms with van der Waals surface area (Å²) in [5, 5.41) is 4.82. The number of rotatable bonds is 2. The Morgan fingerprint density at radius 3 is 2.42 bits per heavy atom. The maximum Gasteiger partial charge on any atom is 0.259 e. The van der Waals surface area contributed by atoms with Gasteiger partial charge < -0.3 is 9.80 Å². The molecule has 160 valence electrons. The summed E-state index contributed by atoms with van der Waals surface area (Å²) in [4.78, 5) is 26.4. The highest BCUT2D eigenvalue weighted by Crippen LogP contribution is 2.23. The maximum atomic E-state index is 12.5. The van der Waals surface area contributed by atoms with Crippen LogP contribution in [0.3, 0.4) is 0 Å². The molecule has 0 N–H and O–H groups in total. The molecule has 0 bridgehead atoms. The Bertz CT molecular complexity index is 1300. The Kier molecular flexibility index (Phi) is 4.64. The third-order valence-corrected chi connectivity index (χ3v) is 5.78. The van der Waals surface area contributed by atoms with Crippen LogP contribution >= 0.6 is 0 Å². The molecule has 1 fully saturated rings. The summed E-state index contributed by atoms with van der Waals surface area (Å²) in [5.41, 5.74) is 2.51. The van der Waals surface area contributed by atoms with E-state index in [0.29, 0.717) is 5.65 Å². The number of pyridine rings is 1. The van der Waals surface area contributed by atoms with Crippen molar-refractivity contribution < 1.29 is 0 Å². The monoisotopic (exact) mass is 417 g/mol. The summed E-state index contributed by atoms with van der Waals surface area (Å²) < 4.78 is 3.45. The minimum absolute atomic E-state index is 0.0114. The van der Waals surface area contributed by atoms with Crippen molar-refractivity contribution in [3.8, 4) is 0 Å². The van der Waals surface area contributed by atoms with E-state index in [1.54, 1.807) is 16.7 Å². The van der Waals surface area contributed by atoms with E-state index in [9.17, 15) is 4.79 Å². The van der Waals surface area contributed by atoms with Crippen LogP contribution in [0.25, 0.3) is 11.3 Å². The summed E-state index contributed by atoms with van der Waals surface area (Å²) in [7, 11) is 0. The minimum Gasteiger partial charge on any atom is -0.355 e. The molecule has 5 heterocycles. The van der Waals surface area contributed by atoms with Crippen molar-refractivity contribution >= 4 is 22.9 Å². The number of aromatic nitrogens is 5. The molecule has 0 amide bonds. The van der Waals surface area contributed by atoms with Gasteiger partial charge in [-0.1, -0.05) is 26.8 Å². The molecule has 8 heteroatoms. The van der Waals surface area contributed by atoms with E-state index in [1.165, 1.54) is 0 Å². The molecule has 1 aliphatic heterocycles. The largest absolute Gasteiger partial charge is 0.355 e.